The van der Waals surface area contributed by atoms with Crippen molar-refractivity contribution in [2.24, 2.45) is 11.7 Å². The standard InChI is InChI=1S/C22H21Br2NO3/c1-3-10-28-19-9-8-17(13-20(19)27-2)12-18(22(25)26)11-15-4-6-16(7-5-15)14-21(23)24/h1,4-9,13-14,18H,10-12H2,2H3,(H2,25,26). The second-order valence-electron chi connectivity index (χ2n) is 6.16. The van der Waals surface area contributed by atoms with Crippen LogP contribution in [-0.2, 0) is 17.6 Å². The van der Waals surface area contributed by atoms with Crippen molar-refractivity contribution in [1.82, 2.24) is 0 Å². The first-order valence-corrected chi connectivity index (χ1v) is 10.2. The van der Waals surface area contributed by atoms with Crippen LogP contribution in [0, 0.1) is 18.3 Å². The van der Waals surface area contributed by atoms with Crippen LogP contribution in [0.5, 0.6) is 11.5 Å². The van der Waals surface area contributed by atoms with Gasteiger partial charge in [0.1, 0.15) is 6.61 Å². The average Bonchev–Trinajstić information content (AvgIpc) is 2.67. The van der Waals surface area contributed by atoms with E-state index in [-0.39, 0.29) is 18.4 Å². The molecule has 0 radical (unpaired) electrons. The predicted octanol–water partition coefficient (Wildman–Crippen LogP) is 4.68. The van der Waals surface area contributed by atoms with Crippen molar-refractivity contribution in [2.45, 2.75) is 12.8 Å². The van der Waals surface area contributed by atoms with Crippen molar-refractivity contribution >= 4 is 43.8 Å². The van der Waals surface area contributed by atoms with Gasteiger partial charge in [0, 0.05) is 5.92 Å². The number of methoxy groups -OCH3 is 1. The molecule has 2 N–H and O–H groups in total. The molecule has 1 atom stereocenters. The topological polar surface area (TPSA) is 61.5 Å². The fraction of sp³-hybridized carbons (Fsp3) is 0.227. The van der Waals surface area contributed by atoms with Gasteiger partial charge in [-0.3, -0.25) is 4.79 Å². The number of primary amides is 1. The summed E-state index contributed by atoms with van der Waals surface area (Å²) < 4.78 is 11.7. The van der Waals surface area contributed by atoms with Crippen LogP contribution in [0.25, 0.3) is 6.08 Å². The van der Waals surface area contributed by atoms with Crippen molar-refractivity contribution in [1.29, 1.82) is 0 Å². The van der Waals surface area contributed by atoms with Crippen LogP contribution in [0.2, 0.25) is 0 Å². The fourth-order valence-corrected chi connectivity index (χ4v) is 3.32. The van der Waals surface area contributed by atoms with Crippen molar-refractivity contribution in [3.8, 4) is 23.8 Å². The normalized spacial score (nSPS) is 11.2. The van der Waals surface area contributed by atoms with Crippen LogP contribution in [0.15, 0.2) is 45.9 Å². The molecule has 0 spiro atoms. The zero-order chi connectivity index (χ0) is 20.5. The van der Waals surface area contributed by atoms with E-state index >= 15 is 0 Å². The summed E-state index contributed by atoms with van der Waals surface area (Å²) in [7, 11) is 1.56. The molecule has 0 aliphatic rings. The molecule has 0 saturated carbocycles. The molecule has 4 nitrogen and oxygen atoms in total. The Balaban J connectivity index is 2.13. The van der Waals surface area contributed by atoms with Gasteiger partial charge in [0.15, 0.2) is 11.5 Å². The first-order valence-electron chi connectivity index (χ1n) is 8.57. The van der Waals surface area contributed by atoms with Gasteiger partial charge >= 0.3 is 0 Å². The van der Waals surface area contributed by atoms with Crippen LogP contribution in [0.4, 0.5) is 0 Å². The molecule has 146 valence electrons. The molecule has 0 bridgehead atoms. The van der Waals surface area contributed by atoms with Gasteiger partial charge in [-0.15, -0.1) is 6.42 Å². The van der Waals surface area contributed by atoms with Crippen LogP contribution in [-0.4, -0.2) is 19.6 Å². The number of rotatable bonds is 9. The molecule has 1 unspecified atom stereocenters. The lowest BCUT2D eigenvalue weighted by molar-refractivity contribution is -0.121. The predicted molar refractivity (Wildman–Crippen MR) is 120 cm³/mol. The van der Waals surface area contributed by atoms with Gasteiger partial charge in [-0.1, -0.05) is 36.3 Å². The third kappa shape index (κ3) is 6.74. The van der Waals surface area contributed by atoms with Gasteiger partial charge in [0.25, 0.3) is 0 Å². The van der Waals surface area contributed by atoms with Gasteiger partial charge in [-0.25, -0.2) is 0 Å². The molecule has 2 aromatic carbocycles. The second-order valence-corrected chi connectivity index (χ2v) is 8.93. The van der Waals surface area contributed by atoms with E-state index in [1.807, 2.05) is 42.5 Å². The van der Waals surface area contributed by atoms with Gasteiger partial charge < -0.3 is 15.2 Å². The highest BCUT2D eigenvalue weighted by atomic mass is 79.9. The zero-order valence-corrected chi connectivity index (χ0v) is 18.6. The second kappa shape index (κ2) is 10.9. The number of terminal acetylenes is 1. The third-order valence-corrected chi connectivity index (χ3v) is 4.62. The maximum Gasteiger partial charge on any atom is 0.221 e. The molecule has 2 aromatic rings. The molecule has 0 aliphatic carbocycles. The van der Waals surface area contributed by atoms with Gasteiger partial charge in [0.2, 0.25) is 5.91 Å². The Morgan fingerprint density at radius 2 is 1.79 bits per heavy atom. The van der Waals surface area contributed by atoms with Crippen LogP contribution < -0.4 is 15.2 Å². The van der Waals surface area contributed by atoms with Gasteiger partial charge in [0.05, 0.1) is 10.5 Å². The van der Waals surface area contributed by atoms with Gasteiger partial charge in [-0.2, -0.15) is 0 Å². The highest BCUT2D eigenvalue weighted by Gasteiger charge is 2.18. The van der Waals surface area contributed by atoms with Crippen molar-refractivity contribution < 1.29 is 14.3 Å². The number of hydrogen-bond donors (Lipinski definition) is 1. The summed E-state index contributed by atoms with van der Waals surface area (Å²) in [5.74, 6) is 2.91. The first kappa shape index (κ1) is 22.1. The largest absolute Gasteiger partial charge is 0.493 e. The number of benzene rings is 2. The summed E-state index contributed by atoms with van der Waals surface area (Å²) in [5.41, 5.74) is 8.70. The van der Waals surface area contributed by atoms with E-state index in [4.69, 9.17) is 21.6 Å². The van der Waals surface area contributed by atoms with E-state index in [2.05, 4.69) is 37.8 Å². The van der Waals surface area contributed by atoms with Gasteiger partial charge in [-0.05, 0) is 79.6 Å². The Morgan fingerprint density at radius 3 is 2.36 bits per heavy atom. The number of amides is 1. The van der Waals surface area contributed by atoms with Crippen molar-refractivity contribution in [2.75, 3.05) is 13.7 Å². The number of halogens is 2. The first-order chi connectivity index (χ1) is 13.4. The Morgan fingerprint density at radius 1 is 1.14 bits per heavy atom. The highest BCUT2D eigenvalue weighted by molar-refractivity contribution is 9.28. The SMILES string of the molecule is C#CCOc1ccc(CC(Cc2ccc(C=C(Br)Br)cc2)C(N)=O)cc1OC. The van der Waals surface area contributed by atoms with E-state index in [9.17, 15) is 4.79 Å². The molecule has 0 heterocycles. The Labute approximate surface area is 182 Å². The maximum absolute atomic E-state index is 12.0. The fourth-order valence-electron chi connectivity index (χ4n) is 2.80. The van der Waals surface area contributed by atoms with E-state index in [1.54, 1.807) is 13.2 Å². The smallest absolute Gasteiger partial charge is 0.221 e. The lowest BCUT2D eigenvalue weighted by Crippen LogP contribution is -2.27. The number of carbonyl (C=O) groups is 1. The molecule has 6 heteroatoms. The summed E-state index contributed by atoms with van der Waals surface area (Å²) >= 11 is 6.69. The van der Waals surface area contributed by atoms with E-state index in [0.29, 0.717) is 24.3 Å². The van der Waals surface area contributed by atoms with E-state index in [1.165, 1.54) is 0 Å². The molecule has 0 saturated heterocycles. The average molecular weight is 507 g/mol. The summed E-state index contributed by atoms with van der Waals surface area (Å²) in [4.78, 5) is 12.0. The molecule has 2 rings (SSSR count). The molecular formula is C22H21Br2NO3. The molecule has 0 aliphatic heterocycles. The molecular weight excluding hydrogens is 486 g/mol. The van der Waals surface area contributed by atoms with Crippen LogP contribution in [0.3, 0.4) is 0 Å². The summed E-state index contributed by atoms with van der Waals surface area (Å²) in [6.07, 6.45) is 8.25. The third-order valence-electron chi connectivity index (χ3n) is 4.16. The highest BCUT2D eigenvalue weighted by Crippen LogP contribution is 2.29. The minimum absolute atomic E-state index is 0.163. The minimum Gasteiger partial charge on any atom is -0.493 e. The van der Waals surface area contributed by atoms with Crippen molar-refractivity contribution in [3.63, 3.8) is 0 Å². The van der Waals surface area contributed by atoms with Crippen LogP contribution in [0.1, 0.15) is 16.7 Å². The zero-order valence-electron chi connectivity index (χ0n) is 15.5. The van der Waals surface area contributed by atoms with E-state index < -0.39 is 0 Å². The number of nitrogens with two attached hydrogens (primary N) is 1. The summed E-state index contributed by atoms with van der Waals surface area (Å²) in [5, 5.41) is 0. The Kier molecular flexibility index (Phi) is 8.62. The lowest BCUT2D eigenvalue weighted by atomic mass is 9.91. The summed E-state index contributed by atoms with van der Waals surface area (Å²) in [6, 6.07) is 13.5. The molecule has 1 amide bonds. The molecule has 0 aromatic heterocycles. The Hall–Kier alpha value is -2.23. The minimum atomic E-state index is -0.334. The lowest BCUT2D eigenvalue weighted by Gasteiger charge is -2.16. The Bertz CT molecular complexity index is 882. The number of hydrogen-bond acceptors (Lipinski definition) is 3. The molecule has 28 heavy (non-hydrogen) atoms. The quantitative estimate of drug-likeness (QED) is 0.502. The summed E-state index contributed by atoms with van der Waals surface area (Å²) in [6.45, 7) is 0.163. The number of carbonyl (C=O) groups excluding carboxylic acids is 1. The van der Waals surface area contributed by atoms with E-state index in [0.717, 1.165) is 20.1 Å². The monoisotopic (exact) mass is 505 g/mol. The molecule has 0 fully saturated rings. The number of ether oxygens (including phenoxy) is 2. The maximum atomic E-state index is 12.0. The van der Waals surface area contributed by atoms with Crippen LogP contribution >= 0.6 is 31.9 Å². The van der Waals surface area contributed by atoms with Crippen molar-refractivity contribution in [3.05, 3.63) is 62.5 Å².